The first-order valence-corrected chi connectivity index (χ1v) is 9.25. The largest absolute Gasteiger partial charge is 0.382 e. The van der Waals surface area contributed by atoms with Crippen LogP contribution >= 0.6 is 27.7 Å². The average Bonchev–Trinajstić information content (AvgIpc) is 3.02. The Kier molecular flexibility index (Phi) is 7.64. The van der Waals surface area contributed by atoms with E-state index >= 15 is 0 Å². The Hall–Kier alpha value is -1.31. The van der Waals surface area contributed by atoms with E-state index in [0.29, 0.717) is 25.5 Å². The van der Waals surface area contributed by atoms with Gasteiger partial charge in [-0.05, 0) is 37.6 Å². The number of hydrogen-bond acceptors (Lipinski definition) is 4. The van der Waals surface area contributed by atoms with E-state index in [1.54, 1.807) is 6.20 Å². The van der Waals surface area contributed by atoms with Crippen LogP contribution in [0.1, 0.15) is 13.3 Å². The van der Waals surface area contributed by atoms with Gasteiger partial charge in [0.05, 0.1) is 5.75 Å². The van der Waals surface area contributed by atoms with Crippen molar-refractivity contribution < 1.29 is 9.53 Å². The standard InChI is InChI=1S/C16H20BrN3O2S/c1-2-22-11-3-8-18-15(21)12-23-16-19-9-10-20(16)14-6-4-13(17)5-7-14/h4-7,9-10H,2-3,8,11-12H2,1H3,(H,18,21). The Morgan fingerprint density at radius 2 is 2.17 bits per heavy atom. The molecule has 7 heteroatoms. The van der Waals surface area contributed by atoms with E-state index in [1.807, 2.05) is 42.0 Å². The molecule has 2 rings (SSSR count). The van der Waals surface area contributed by atoms with E-state index in [1.165, 1.54) is 11.8 Å². The lowest BCUT2D eigenvalue weighted by Gasteiger charge is -2.08. The number of ether oxygens (including phenoxy) is 1. The van der Waals surface area contributed by atoms with Crippen molar-refractivity contribution in [3.63, 3.8) is 0 Å². The molecule has 0 atom stereocenters. The number of thioether (sulfide) groups is 1. The van der Waals surface area contributed by atoms with Gasteiger partial charge in [0.25, 0.3) is 0 Å². The van der Waals surface area contributed by atoms with E-state index in [4.69, 9.17) is 4.74 Å². The van der Waals surface area contributed by atoms with Crippen LogP contribution < -0.4 is 5.32 Å². The first kappa shape index (κ1) is 18.0. The average molecular weight is 398 g/mol. The van der Waals surface area contributed by atoms with Crippen molar-refractivity contribution in [3.05, 3.63) is 41.1 Å². The fourth-order valence-electron chi connectivity index (χ4n) is 1.92. The first-order valence-electron chi connectivity index (χ1n) is 7.47. The molecular weight excluding hydrogens is 378 g/mol. The highest BCUT2D eigenvalue weighted by Crippen LogP contribution is 2.21. The predicted octanol–water partition coefficient (Wildman–Crippen LogP) is 3.27. The summed E-state index contributed by atoms with van der Waals surface area (Å²) >= 11 is 4.85. The third-order valence-corrected chi connectivity index (χ3v) is 4.53. The van der Waals surface area contributed by atoms with Crippen LogP contribution in [-0.2, 0) is 9.53 Å². The number of halogens is 1. The van der Waals surface area contributed by atoms with Gasteiger partial charge in [-0.25, -0.2) is 4.98 Å². The molecule has 0 fully saturated rings. The topological polar surface area (TPSA) is 56.1 Å². The van der Waals surface area contributed by atoms with Gasteiger partial charge in [0.2, 0.25) is 5.91 Å². The zero-order chi connectivity index (χ0) is 16.5. The maximum atomic E-state index is 11.8. The van der Waals surface area contributed by atoms with Crippen molar-refractivity contribution in [1.29, 1.82) is 0 Å². The molecule has 1 aromatic carbocycles. The molecule has 0 saturated carbocycles. The van der Waals surface area contributed by atoms with Crippen LogP contribution in [0.4, 0.5) is 0 Å². The minimum absolute atomic E-state index is 0.0110. The van der Waals surface area contributed by atoms with Crippen molar-refractivity contribution in [2.24, 2.45) is 0 Å². The molecule has 0 radical (unpaired) electrons. The summed E-state index contributed by atoms with van der Waals surface area (Å²) in [7, 11) is 0. The molecule has 0 aliphatic rings. The van der Waals surface area contributed by atoms with Gasteiger partial charge in [-0.1, -0.05) is 27.7 Å². The van der Waals surface area contributed by atoms with Crippen molar-refractivity contribution in [2.75, 3.05) is 25.5 Å². The highest BCUT2D eigenvalue weighted by atomic mass is 79.9. The number of amides is 1. The number of rotatable bonds is 9. The zero-order valence-corrected chi connectivity index (χ0v) is 15.4. The molecule has 0 aliphatic carbocycles. The Balaban J connectivity index is 1.81. The lowest BCUT2D eigenvalue weighted by Crippen LogP contribution is -2.27. The lowest BCUT2D eigenvalue weighted by molar-refractivity contribution is -0.118. The number of nitrogens with one attached hydrogen (secondary N) is 1. The molecule has 0 bridgehead atoms. The zero-order valence-electron chi connectivity index (χ0n) is 13.0. The summed E-state index contributed by atoms with van der Waals surface area (Å²) in [5, 5.41) is 3.69. The second kappa shape index (κ2) is 9.75. The maximum Gasteiger partial charge on any atom is 0.230 e. The summed E-state index contributed by atoms with van der Waals surface area (Å²) in [6.07, 6.45) is 4.47. The monoisotopic (exact) mass is 397 g/mol. The van der Waals surface area contributed by atoms with Gasteiger partial charge in [0, 0.05) is 42.3 Å². The number of imidazole rings is 1. The Bertz CT molecular complexity index is 616. The van der Waals surface area contributed by atoms with E-state index in [0.717, 1.165) is 21.7 Å². The van der Waals surface area contributed by atoms with Crippen LogP contribution in [0.3, 0.4) is 0 Å². The van der Waals surface area contributed by atoms with Crippen LogP contribution in [0.15, 0.2) is 46.3 Å². The summed E-state index contributed by atoms with van der Waals surface area (Å²) in [4.78, 5) is 16.2. The number of hydrogen-bond donors (Lipinski definition) is 1. The molecule has 2 aromatic rings. The third kappa shape index (κ3) is 6.01. The number of benzene rings is 1. The Morgan fingerprint density at radius 3 is 2.91 bits per heavy atom. The van der Waals surface area contributed by atoms with Gasteiger partial charge >= 0.3 is 0 Å². The molecule has 0 unspecified atom stereocenters. The van der Waals surface area contributed by atoms with Crippen LogP contribution in [0.5, 0.6) is 0 Å². The van der Waals surface area contributed by atoms with Crippen molar-refractivity contribution in [2.45, 2.75) is 18.5 Å². The second-order valence-electron chi connectivity index (χ2n) is 4.75. The van der Waals surface area contributed by atoms with Crippen molar-refractivity contribution in [3.8, 4) is 5.69 Å². The van der Waals surface area contributed by atoms with E-state index < -0.39 is 0 Å². The van der Waals surface area contributed by atoms with Crippen molar-refractivity contribution >= 4 is 33.6 Å². The quantitative estimate of drug-likeness (QED) is 0.520. The summed E-state index contributed by atoms with van der Waals surface area (Å²) in [6.45, 7) is 3.99. The minimum Gasteiger partial charge on any atom is -0.382 e. The van der Waals surface area contributed by atoms with Gasteiger partial charge in [0.1, 0.15) is 0 Å². The molecule has 5 nitrogen and oxygen atoms in total. The highest BCUT2D eigenvalue weighted by molar-refractivity contribution is 9.10. The summed E-state index contributed by atoms with van der Waals surface area (Å²) < 4.78 is 8.24. The molecule has 1 heterocycles. The second-order valence-corrected chi connectivity index (χ2v) is 6.60. The molecule has 0 aliphatic heterocycles. The van der Waals surface area contributed by atoms with Crippen LogP contribution in [0, 0.1) is 0 Å². The molecule has 1 N–H and O–H groups in total. The molecule has 23 heavy (non-hydrogen) atoms. The minimum atomic E-state index is 0.0110. The highest BCUT2D eigenvalue weighted by Gasteiger charge is 2.08. The van der Waals surface area contributed by atoms with Gasteiger partial charge in [-0.2, -0.15) is 0 Å². The molecule has 0 saturated heterocycles. The fourth-order valence-corrected chi connectivity index (χ4v) is 2.99. The molecule has 124 valence electrons. The molecule has 0 spiro atoms. The van der Waals surface area contributed by atoms with Crippen molar-refractivity contribution in [1.82, 2.24) is 14.9 Å². The Labute approximate surface area is 148 Å². The van der Waals surface area contributed by atoms with Crippen LogP contribution in [0.25, 0.3) is 5.69 Å². The number of aromatic nitrogens is 2. The normalized spacial score (nSPS) is 10.7. The van der Waals surface area contributed by atoms with Crippen LogP contribution in [0.2, 0.25) is 0 Å². The van der Waals surface area contributed by atoms with E-state index in [-0.39, 0.29) is 5.91 Å². The summed E-state index contributed by atoms with van der Waals surface area (Å²) in [5.74, 6) is 0.360. The molecule has 1 amide bonds. The van der Waals surface area contributed by atoms with Gasteiger partial charge < -0.3 is 10.1 Å². The molecule has 1 aromatic heterocycles. The predicted molar refractivity (Wildman–Crippen MR) is 96.1 cm³/mol. The maximum absolute atomic E-state index is 11.8. The Morgan fingerprint density at radius 1 is 1.39 bits per heavy atom. The number of carbonyl (C=O) groups excluding carboxylic acids is 1. The SMILES string of the molecule is CCOCCCNC(=O)CSc1nccn1-c1ccc(Br)cc1. The summed E-state index contributed by atoms with van der Waals surface area (Å²) in [6, 6.07) is 7.97. The smallest absolute Gasteiger partial charge is 0.230 e. The number of nitrogens with zero attached hydrogens (tertiary/aromatic N) is 2. The lowest BCUT2D eigenvalue weighted by atomic mass is 10.3. The van der Waals surface area contributed by atoms with Gasteiger partial charge in [-0.3, -0.25) is 9.36 Å². The van der Waals surface area contributed by atoms with Gasteiger partial charge in [-0.15, -0.1) is 0 Å². The van der Waals surface area contributed by atoms with Crippen LogP contribution in [-0.4, -0.2) is 41.0 Å². The summed E-state index contributed by atoms with van der Waals surface area (Å²) in [5.41, 5.74) is 1.02. The number of carbonyl (C=O) groups is 1. The van der Waals surface area contributed by atoms with Gasteiger partial charge in [0.15, 0.2) is 5.16 Å². The first-order chi connectivity index (χ1) is 11.2. The fraction of sp³-hybridized carbons (Fsp3) is 0.375. The van der Waals surface area contributed by atoms with E-state index in [9.17, 15) is 4.79 Å². The third-order valence-electron chi connectivity index (χ3n) is 3.04. The molecular formula is C16H20BrN3O2S. The van der Waals surface area contributed by atoms with E-state index in [2.05, 4.69) is 26.2 Å².